The van der Waals surface area contributed by atoms with Crippen LogP contribution in [0.4, 0.5) is 0 Å². The molecule has 0 aliphatic rings. The van der Waals surface area contributed by atoms with Crippen molar-refractivity contribution in [2.75, 3.05) is 0 Å². The van der Waals surface area contributed by atoms with Crippen molar-refractivity contribution in [1.82, 2.24) is 9.78 Å². The van der Waals surface area contributed by atoms with Crippen molar-refractivity contribution in [3.63, 3.8) is 0 Å². The number of hydrogen-bond acceptors (Lipinski definition) is 1. The summed E-state index contributed by atoms with van der Waals surface area (Å²) < 4.78 is 4.66. The van der Waals surface area contributed by atoms with Gasteiger partial charge in [0.15, 0.2) is 0 Å². The van der Waals surface area contributed by atoms with E-state index in [1.54, 1.807) is 0 Å². The van der Waals surface area contributed by atoms with E-state index in [-0.39, 0.29) is 0 Å². The van der Waals surface area contributed by atoms with Crippen LogP contribution in [0.3, 0.4) is 0 Å². The molecule has 0 radical (unpaired) electrons. The third-order valence-electron chi connectivity index (χ3n) is 7.09. The second-order valence-electron chi connectivity index (χ2n) is 11.2. The maximum absolute atomic E-state index is 5.25. The largest absolute Gasteiger partial charge is 0.275 e. The number of nitrogens with zero attached hydrogens (tertiary/aromatic N) is 3. The molecular formula is C33H42N3+. The van der Waals surface area contributed by atoms with Gasteiger partial charge in [0.2, 0.25) is 0 Å². The first kappa shape index (κ1) is 25.9. The molecule has 4 rings (SSSR count). The van der Waals surface area contributed by atoms with E-state index in [9.17, 15) is 0 Å². The fourth-order valence-corrected chi connectivity index (χ4v) is 5.32. The predicted octanol–water partition coefficient (Wildman–Crippen LogP) is 8.75. The quantitative estimate of drug-likeness (QED) is 0.242. The number of aryl methyl sites for hydroxylation is 1. The zero-order chi connectivity index (χ0) is 26.1. The van der Waals surface area contributed by atoms with E-state index < -0.39 is 0 Å². The van der Waals surface area contributed by atoms with Crippen molar-refractivity contribution in [2.24, 2.45) is 0 Å². The third kappa shape index (κ3) is 4.76. The summed E-state index contributed by atoms with van der Waals surface area (Å²) in [6.07, 6.45) is 0. The van der Waals surface area contributed by atoms with Crippen LogP contribution in [0, 0.1) is 6.92 Å². The number of aromatic nitrogens is 3. The zero-order valence-electron chi connectivity index (χ0n) is 23.5. The molecule has 3 heteroatoms. The molecule has 0 spiro atoms. The van der Waals surface area contributed by atoms with Gasteiger partial charge in [0.25, 0.3) is 11.6 Å². The molecule has 0 aliphatic carbocycles. The fourth-order valence-electron chi connectivity index (χ4n) is 5.32. The Kier molecular flexibility index (Phi) is 7.49. The molecule has 0 N–H and O–H groups in total. The van der Waals surface area contributed by atoms with Crippen LogP contribution in [0.1, 0.15) is 102 Å². The first-order valence-electron chi connectivity index (χ1n) is 13.5. The van der Waals surface area contributed by atoms with Gasteiger partial charge in [-0.05, 0) is 77.6 Å². The molecule has 0 saturated heterocycles. The maximum atomic E-state index is 5.25. The SMILES string of the molecule is Cc1nn(-c2c(C(C)C)cc(-c3ccccc3)cc2C(C)C)c(-c2ccccc2C(C)C)[n+]1C(C)C. The molecule has 188 valence electrons. The summed E-state index contributed by atoms with van der Waals surface area (Å²) in [7, 11) is 0. The highest BCUT2D eigenvalue weighted by Crippen LogP contribution is 2.38. The lowest BCUT2D eigenvalue weighted by atomic mass is 9.88. The lowest BCUT2D eigenvalue weighted by molar-refractivity contribution is -0.711. The van der Waals surface area contributed by atoms with Gasteiger partial charge in [-0.15, -0.1) is 0 Å². The standard InChI is InChI=1S/C33H42N3/c1-21(2)28-17-13-14-18-29(28)33-35(24(7)8)25(9)34-36(33)32-30(22(3)4)19-27(20-31(32)23(5)6)26-15-11-10-12-16-26/h10-24H,1-9H3/q+1. The summed E-state index contributed by atoms with van der Waals surface area (Å²) in [5.41, 5.74) is 9.05. The van der Waals surface area contributed by atoms with E-state index in [0.29, 0.717) is 23.8 Å². The van der Waals surface area contributed by atoms with Gasteiger partial charge in [-0.2, -0.15) is 0 Å². The number of hydrogen-bond donors (Lipinski definition) is 0. The second kappa shape index (κ2) is 10.4. The van der Waals surface area contributed by atoms with Crippen LogP contribution in [-0.4, -0.2) is 9.78 Å². The maximum Gasteiger partial charge on any atom is 0.275 e. The minimum absolute atomic E-state index is 0.294. The van der Waals surface area contributed by atoms with Gasteiger partial charge < -0.3 is 0 Å². The van der Waals surface area contributed by atoms with Crippen LogP contribution in [0.2, 0.25) is 0 Å². The van der Waals surface area contributed by atoms with Gasteiger partial charge in [0.05, 0.1) is 11.6 Å². The summed E-state index contributed by atoms with van der Waals surface area (Å²) in [5, 5.41) is 5.25. The lowest BCUT2D eigenvalue weighted by Gasteiger charge is -2.20. The number of rotatable bonds is 7. The lowest BCUT2D eigenvalue weighted by Crippen LogP contribution is -2.40. The highest BCUT2D eigenvalue weighted by molar-refractivity contribution is 5.71. The van der Waals surface area contributed by atoms with Gasteiger partial charge in [-0.25, -0.2) is 4.57 Å². The Morgan fingerprint density at radius 2 is 1.17 bits per heavy atom. The Bertz CT molecular complexity index is 1310. The Hall–Kier alpha value is -3.20. The summed E-state index contributed by atoms with van der Waals surface area (Å²) >= 11 is 0. The summed E-state index contributed by atoms with van der Waals surface area (Å²) in [5.74, 6) is 3.33. The highest BCUT2D eigenvalue weighted by atomic mass is 15.4. The molecule has 3 aromatic carbocycles. The Balaban J connectivity index is 2.13. The first-order valence-corrected chi connectivity index (χ1v) is 13.5. The average Bonchev–Trinajstić information content (AvgIpc) is 3.20. The topological polar surface area (TPSA) is 21.7 Å². The minimum atomic E-state index is 0.294. The summed E-state index contributed by atoms with van der Waals surface area (Å²) in [6.45, 7) is 20.4. The molecule has 1 aromatic heterocycles. The van der Waals surface area contributed by atoms with E-state index in [1.807, 2.05) is 0 Å². The molecule has 0 unspecified atom stereocenters. The monoisotopic (exact) mass is 480 g/mol. The highest BCUT2D eigenvalue weighted by Gasteiger charge is 2.33. The molecule has 3 nitrogen and oxygen atoms in total. The van der Waals surface area contributed by atoms with Crippen LogP contribution in [0.5, 0.6) is 0 Å². The van der Waals surface area contributed by atoms with Crippen LogP contribution in [0.25, 0.3) is 28.2 Å². The normalized spacial score (nSPS) is 11.9. The van der Waals surface area contributed by atoms with Gasteiger partial charge in [0, 0.05) is 12.0 Å². The molecule has 0 amide bonds. The second-order valence-corrected chi connectivity index (χ2v) is 11.2. The molecule has 36 heavy (non-hydrogen) atoms. The van der Waals surface area contributed by atoms with Crippen LogP contribution in [-0.2, 0) is 0 Å². The third-order valence-corrected chi connectivity index (χ3v) is 7.09. The predicted molar refractivity (Wildman–Crippen MR) is 152 cm³/mol. The fraction of sp³-hybridized carbons (Fsp3) is 0.394. The van der Waals surface area contributed by atoms with Gasteiger partial charge >= 0.3 is 0 Å². The van der Waals surface area contributed by atoms with E-state index in [2.05, 4.69) is 138 Å². The van der Waals surface area contributed by atoms with E-state index >= 15 is 0 Å². The van der Waals surface area contributed by atoms with Crippen molar-refractivity contribution < 1.29 is 4.57 Å². The van der Waals surface area contributed by atoms with Crippen LogP contribution < -0.4 is 4.57 Å². The number of benzene rings is 3. The minimum Gasteiger partial charge on any atom is -0.225 e. The summed E-state index contributed by atoms with van der Waals surface area (Å²) in [4.78, 5) is 0. The molecular weight excluding hydrogens is 438 g/mol. The molecule has 0 fully saturated rings. The zero-order valence-corrected chi connectivity index (χ0v) is 23.5. The van der Waals surface area contributed by atoms with Crippen molar-refractivity contribution in [1.29, 1.82) is 0 Å². The van der Waals surface area contributed by atoms with Gasteiger partial charge in [-0.3, -0.25) is 0 Å². The molecule has 1 heterocycles. The van der Waals surface area contributed by atoms with E-state index in [4.69, 9.17) is 5.10 Å². The van der Waals surface area contributed by atoms with Crippen LogP contribution in [0.15, 0.2) is 66.7 Å². The van der Waals surface area contributed by atoms with Gasteiger partial charge in [0.1, 0.15) is 5.69 Å². The van der Waals surface area contributed by atoms with Crippen molar-refractivity contribution in [3.05, 3.63) is 89.2 Å². The average molecular weight is 481 g/mol. The molecule has 0 bridgehead atoms. The first-order chi connectivity index (χ1) is 17.1. The Labute approximate surface area is 217 Å². The van der Waals surface area contributed by atoms with Crippen molar-refractivity contribution in [2.45, 2.75) is 86.1 Å². The Morgan fingerprint density at radius 1 is 0.639 bits per heavy atom. The molecule has 0 saturated carbocycles. The molecule has 0 atom stereocenters. The van der Waals surface area contributed by atoms with Gasteiger partial charge in [-0.1, -0.05) is 94.8 Å². The van der Waals surface area contributed by atoms with Crippen LogP contribution >= 0.6 is 0 Å². The summed E-state index contributed by atoms with van der Waals surface area (Å²) in [6, 6.07) is 24.6. The van der Waals surface area contributed by atoms with Crippen molar-refractivity contribution in [3.8, 4) is 28.2 Å². The van der Waals surface area contributed by atoms with E-state index in [1.165, 1.54) is 44.9 Å². The van der Waals surface area contributed by atoms with E-state index in [0.717, 1.165) is 5.82 Å². The molecule has 4 aromatic rings. The smallest absolute Gasteiger partial charge is 0.225 e. The van der Waals surface area contributed by atoms with Crippen molar-refractivity contribution >= 4 is 0 Å². The Morgan fingerprint density at radius 3 is 1.69 bits per heavy atom. The molecule has 0 aliphatic heterocycles.